The lowest BCUT2D eigenvalue weighted by molar-refractivity contribution is 0.103. The summed E-state index contributed by atoms with van der Waals surface area (Å²) in [5.74, 6) is 0.623. The monoisotopic (exact) mass is 466 g/mol. The predicted molar refractivity (Wildman–Crippen MR) is 128 cm³/mol. The Morgan fingerprint density at radius 3 is 1.30 bits per heavy atom. The first-order chi connectivity index (χ1) is 13.9. The van der Waals surface area contributed by atoms with E-state index in [1.807, 2.05) is 0 Å². The summed E-state index contributed by atoms with van der Waals surface area (Å²) < 4.78 is 33.6. The van der Waals surface area contributed by atoms with E-state index in [0.29, 0.717) is 11.3 Å². The maximum absolute atomic E-state index is 5.61. The number of hydrogen-bond acceptors (Lipinski definition) is 6. The predicted octanol–water partition coefficient (Wildman–Crippen LogP) is 5.77. The summed E-state index contributed by atoms with van der Waals surface area (Å²) >= 11 is 0. The first kappa shape index (κ1) is 30.2. The highest BCUT2D eigenvalue weighted by Gasteiger charge is 2.40. The molecule has 0 amide bonds. The van der Waals surface area contributed by atoms with Crippen molar-refractivity contribution in [1.29, 1.82) is 0 Å². The van der Waals surface area contributed by atoms with Gasteiger partial charge in [0.2, 0.25) is 0 Å². The van der Waals surface area contributed by atoms with Crippen LogP contribution >= 0.6 is 0 Å². The highest BCUT2D eigenvalue weighted by molar-refractivity contribution is 6.60. The molecule has 6 nitrogen and oxygen atoms in total. The smallest absolute Gasteiger partial charge is 0.377 e. The molecular formula is C22H50O6Si2. The molecule has 0 N–H and O–H groups in total. The van der Waals surface area contributed by atoms with Crippen molar-refractivity contribution in [3.8, 4) is 0 Å². The molecule has 1 atom stereocenters. The fourth-order valence-electron chi connectivity index (χ4n) is 4.85. The zero-order chi connectivity index (χ0) is 23.5. The largest absolute Gasteiger partial charge is 0.500 e. The van der Waals surface area contributed by atoms with Gasteiger partial charge in [0.15, 0.2) is 0 Å². The van der Waals surface area contributed by atoms with Crippen LogP contribution in [0, 0.1) is 16.7 Å². The van der Waals surface area contributed by atoms with Crippen molar-refractivity contribution in [2.45, 2.75) is 85.2 Å². The van der Waals surface area contributed by atoms with Crippen LogP contribution in [0.25, 0.3) is 0 Å². The van der Waals surface area contributed by atoms with Crippen molar-refractivity contribution in [3.63, 3.8) is 0 Å². The minimum Gasteiger partial charge on any atom is -0.377 e. The second-order valence-electron chi connectivity index (χ2n) is 10.2. The maximum atomic E-state index is 5.61. The molecule has 0 aliphatic rings. The molecule has 0 saturated carbocycles. The van der Waals surface area contributed by atoms with Crippen LogP contribution in [0.2, 0.25) is 12.1 Å². The Hall–Kier alpha value is 0.194. The number of rotatable bonds is 17. The van der Waals surface area contributed by atoms with Gasteiger partial charge in [-0.15, -0.1) is 0 Å². The molecule has 182 valence electrons. The summed E-state index contributed by atoms with van der Waals surface area (Å²) in [5, 5.41) is 0. The fraction of sp³-hybridized carbons (Fsp3) is 1.00. The molecule has 0 aromatic carbocycles. The van der Waals surface area contributed by atoms with Gasteiger partial charge in [-0.2, -0.15) is 0 Å². The van der Waals surface area contributed by atoms with Crippen molar-refractivity contribution in [1.82, 2.24) is 0 Å². The van der Waals surface area contributed by atoms with E-state index < -0.39 is 17.6 Å². The average Bonchev–Trinajstić information content (AvgIpc) is 2.69. The van der Waals surface area contributed by atoms with E-state index in [2.05, 4.69) is 34.6 Å². The third-order valence-corrected chi connectivity index (χ3v) is 11.9. The first-order valence-corrected chi connectivity index (χ1v) is 15.1. The number of unbranched alkanes of at least 4 members (excludes halogenated alkanes) is 1. The highest BCUT2D eigenvalue weighted by Crippen LogP contribution is 2.43. The molecule has 0 bridgehead atoms. The summed E-state index contributed by atoms with van der Waals surface area (Å²) in [6, 6.07) is 1.71. The molecule has 0 aromatic heterocycles. The van der Waals surface area contributed by atoms with Crippen LogP contribution in [0.15, 0.2) is 0 Å². The summed E-state index contributed by atoms with van der Waals surface area (Å²) in [6.07, 6.45) is 6.77. The van der Waals surface area contributed by atoms with Gasteiger partial charge in [-0.3, -0.25) is 0 Å². The fourth-order valence-corrected chi connectivity index (χ4v) is 8.39. The van der Waals surface area contributed by atoms with Gasteiger partial charge < -0.3 is 26.6 Å². The lowest BCUT2D eigenvalue weighted by Crippen LogP contribution is -2.43. The zero-order valence-electron chi connectivity index (χ0n) is 21.7. The normalized spacial score (nSPS) is 14.9. The van der Waals surface area contributed by atoms with E-state index in [4.69, 9.17) is 26.6 Å². The summed E-state index contributed by atoms with van der Waals surface area (Å²) in [5.41, 5.74) is 0.560. The lowest BCUT2D eigenvalue weighted by atomic mass is 9.66. The molecule has 0 aliphatic heterocycles. The molecule has 1 unspecified atom stereocenters. The Balaban J connectivity index is 5.05. The van der Waals surface area contributed by atoms with Crippen molar-refractivity contribution >= 4 is 17.6 Å². The van der Waals surface area contributed by atoms with Gasteiger partial charge in [-0.1, -0.05) is 41.0 Å². The molecule has 0 rings (SSSR count). The minimum absolute atomic E-state index is 0.258. The molecular weight excluding hydrogens is 416 g/mol. The Labute approximate surface area is 189 Å². The van der Waals surface area contributed by atoms with Crippen molar-refractivity contribution in [2.75, 3.05) is 42.7 Å². The molecule has 0 fully saturated rings. The summed E-state index contributed by atoms with van der Waals surface area (Å²) in [7, 11) is 5.14. The van der Waals surface area contributed by atoms with Gasteiger partial charge in [0.1, 0.15) is 0 Å². The van der Waals surface area contributed by atoms with Gasteiger partial charge in [-0.05, 0) is 48.9 Å². The van der Waals surface area contributed by atoms with Crippen molar-refractivity contribution < 1.29 is 26.6 Å². The molecule has 0 radical (unpaired) electrons. The Bertz CT molecular complexity index is 429. The minimum atomic E-state index is -2.51. The van der Waals surface area contributed by atoms with Crippen LogP contribution in [0.4, 0.5) is 0 Å². The van der Waals surface area contributed by atoms with Crippen LogP contribution in [0.5, 0.6) is 0 Å². The SMILES string of the molecule is CO[Si](CCCCC(CCC[Si](OC)(OC)OC)C(C)(C)CC(C)(C)C)(OC)OC. The quantitative estimate of drug-likeness (QED) is 0.200. The molecule has 0 aromatic rings. The average molecular weight is 467 g/mol. The van der Waals surface area contributed by atoms with Gasteiger partial charge in [-0.25, -0.2) is 0 Å². The topological polar surface area (TPSA) is 55.4 Å². The molecule has 0 saturated heterocycles. The van der Waals surface area contributed by atoms with Crippen molar-refractivity contribution in [3.05, 3.63) is 0 Å². The van der Waals surface area contributed by atoms with Gasteiger partial charge in [0, 0.05) is 54.7 Å². The molecule has 8 heteroatoms. The van der Waals surface area contributed by atoms with Crippen molar-refractivity contribution in [2.24, 2.45) is 16.7 Å². The van der Waals surface area contributed by atoms with E-state index in [0.717, 1.165) is 37.8 Å². The third kappa shape index (κ3) is 10.2. The van der Waals surface area contributed by atoms with Gasteiger partial charge >= 0.3 is 17.6 Å². The summed E-state index contributed by atoms with van der Waals surface area (Å²) in [6.45, 7) is 11.9. The van der Waals surface area contributed by atoms with Crippen LogP contribution in [0.1, 0.15) is 73.1 Å². The summed E-state index contributed by atoms with van der Waals surface area (Å²) in [4.78, 5) is 0. The highest BCUT2D eigenvalue weighted by atomic mass is 28.4. The van der Waals surface area contributed by atoms with E-state index in [1.165, 1.54) is 12.8 Å². The van der Waals surface area contributed by atoms with Gasteiger partial charge in [0.05, 0.1) is 0 Å². The molecule has 0 spiro atoms. The van der Waals surface area contributed by atoms with E-state index in [9.17, 15) is 0 Å². The van der Waals surface area contributed by atoms with E-state index in [-0.39, 0.29) is 5.41 Å². The second-order valence-corrected chi connectivity index (χ2v) is 16.3. The Morgan fingerprint density at radius 2 is 0.933 bits per heavy atom. The maximum Gasteiger partial charge on any atom is 0.500 e. The number of hydrogen-bond donors (Lipinski definition) is 0. The van der Waals surface area contributed by atoms with Crippen LogP contribution in [-0.2, 0) is 26.6 Å². The van der Waals surface area contributed by atoms with Crippen LogP contribution < -0.4 is 0 Å². The zero-order valence-corrected chi connectivity index (χ0v) is 23.7. The first-order valence-electron chi connectivity index (χ1n) is 11.2. The molecule has 0 aliphatic carbocycles. The Kier molecular flexibility index (Phi) is 13.8. The third-order valence-electron chi connectivity index (χ3n) is 6.28. The standard InChI is InChI=1S/C22H50O6Si2/c1-21(2,3)19-22(4,5)20(16-14-18-30(26-9,27-10)28-11)15-12-13-17-29(23-6,24-7)25-8/h20H,12-19H2,1-11H3. The molecule has 30 heavy (non-hydrogen) atoms. The Morgan fingerprint density at radius 1 is 0.567 bits per heavy atom. The van der Waals surface area contributed by atoms with Gasteiger partial charge in [0.25, 0.3) is 0 Å². The van der Waals surface area contributed by atoms with E-state index >= 15 is 0 Å². The van der Waals surface area contributed by atoms with Crippen LogP contribution in [0.3, 0.4) is 0 Å². The molecule has 0 heterocycles. The second kappa shape index (κ2) is 13.7. The lowest BCUT2D eigenvalue weighted by Gasteiger charge is -2.40. The van der Waals surface area contributed by atoms with Crippen LogP contribution in [-0.4, -0.2) is 60.3 Å². The van der Waals surface area contributed by atoms with E-state index in [1.54, 1.807) is 42.7 Å².